The fourth-order valence-electron chi connectivity index (χ4n) is 1.70. The zero-order valence-electron chi connectivity index (χ0n) is 9.98. The average Bonchev–Trinajstić information content (AvgIpc) is 2.96. The van der Waals surface area contributed by atoms with Gasteiger partial charge < -0.3 is 14.4 Å². The summed E-state index contributed by atoms with van der Waals surface area (Å²) in [4.78, 5) is 0. The SMILES string of the molecule is Oc1ccc(Oc2ccc(-c3ccno3)cc2)cc1. The van der Waals surface area contributed by atoms with Crippen LogP contribution in [0.4, 0.5) is 0 Å². The molecule has 3 aromatic rings. The molecule has 4 nitrogen and oxygen atoms in total. The van der Waals surface area contributed by atoms with Crippen LogP contribution in [0.3, 0.4) is 0 Å². The first kappa shape index (κ1) is 11.3. The van der Waals surface area contributed by atoms with E-state index in [9.17, 15) is 5.11 Å². The van der Waals surface area contributed by atoms with Crippen LogP contribution in [0.2, 0.25) is 0 Å². The monoisotopic (exact) mass is 253 g/mol. The molecule has 0 saturated carbocycles. The van der Waals surface area contributed by atoms with Crippen LogP contribution in [-0.4, -0.2) is 10.3 Å². The maximum Gasteiger partial charge on any atom is 0.166 e. The van der Waals surface area contributed by atoms with E-state index >= 15 is 0 Å². The van der Waals surface area contributed by atoms with Gasteiger partial charge in [0, 0.05) is 11.6 Å². The van der Waals surface area contributed by atoms with Crippen molar-refractivity contribution in [3.05, 3.63) is 60.8 Å². The van der Waals surface area contributed by atoms with Crippen LogP contribution in [0.1, 0.15) is 0 Å². The maximum absolute atomic E-state index is 9.19. The molecule has 0 saturated heterocycles. The van der Waals surface area contributed by atoms with Gasteiger partial charge in [-0.2, -0.15) is 0 Å². The Kier molecular flexibility index (Phi) is 2.90. The molecule has 4 heteroatoms. The summed E-state index contributed by atoms with van der Waals surface area (Å²) in [7, 11) is 0. The molecule has 0 atom stereocenters. The Morgan fingerprint density at radius 2 is 1.47 bits per heavy atom. The fraction of sp³-hybridized carbons (Fsp3) is 0. The van der Waals surface area contributed by atoms with Crippen molar-refractivity contribution in [2.75, 3.05) is 0 Å². The number of nitrogens with zero attached hydrogens (tertiary/aromatic N) is 1. The van der Waals surface area contributed by atoms with Gasteiger partial charge in [-0.05, 0) is 48.5 Å². The lowest BCUT2D eigenvalue weighted by Gasteiger charge is -2.06. The van der Waals surface area contributed by atoms with Gasteiger partial charge in [0.25, 0.3) is 0 Å². The highest BCUT2D eigenvalue weighted by Gasteiger charge is 2.02. The third-order valence-electron chi connectivity index (χ3n) is 2.65. The van der Waals surface area contributed by atoms with E-state index in [-0.39, 0.29) is 5.75 Å². The smallest absolute Gasteiger partial charge is 0.166 e. The van der Waals surface area contributed by atoms with Gasteiger partial charge in [0.2, 0.25) is 0 Å². The zero-order chi connectivity index (χ0) is 13.1. The van der Waals surface area contributed by atoms with Crippen LogP contribution >= 0.6 is 0 Å². The minimum Gasteiger partial charge on any atom is -0.508 e. The first-order valence-corrected chi connectivity index (χ1v) is 5.79. The Bertz CT molecular complexity index is 643. The summed E-state index contributed by atoms with van der Waals surface area (Å²) in [6.45, 7) is 0. The van der Waals surface area contributed by atoms with E-state index in [1.807, 2.05) is 24.3 Å². The summed E-state index contributed by atoms with van der Waals surface area (Å²) >= 11 is 0. The van der Waals surface area contributed by atoms with E-state index in [0.717, 1.165) is 11.3 Å². The minimum absolute atomic E-state index is 0.216. The second-order valence-corrected chi connectivity index (χ2v) is 4.00. The summed E-state index contributed by atoms with van der Waals surface area (Å²) in [5.41, 5.74) is 0.940. The number of hydrogen-bond acceptors (Lipinski definition) is 4. The first-order valence-electron chi connectivity index (χ1n) is 5.79. The Labute approximate surface area is 109 Å². The summed E-state index contributed by atoms with van der Waals surface area (Å²) in [5, 5.41) is 12.9. The maximum atomic E-state index is 9.19. The second kappa shape index (κ2) is 4.86. The van der Waals surface area contributed by atoms with Crippen molar-refractivity contribution in [2.45, 2.75) is 0 Å². The van der Waals surface area contributed by atoms with Crippen molar-refractivity contribution < 1.29 is 14.4 Å². The predicted molar refractivity (Wildman–Crippen MR) is 70.1 cm³/mol. The molecule has 1 heterocycles. The van der Waals surface area contributed by atoms with Crippen molar-refractivity contribution in [2.24, 2.45) is 0 Å². The molecule has 3 rings (SSSR count). The molecule has 0 fully saturated rings. The van der Waals surface area contributed by atoms with E-state index < -0.39 is 0 Å². The molecular formula is C15H11NO3. The highest BCUT2D eigenvalue weighted by atomic mass is 16.5. The summed E-state index contributed by atoms with van der Waals surface area (Å²) < 4.78 is 10.7. The third kappa shape index (κ3) is 2.57. The quantitative estimate of drug-likeness (QED) is 0.770. The standard InChI is InChI=1S/C15H11NO3/c17-12-3-7-14(8-4-12)18-13-5-1-11(2-6-13)15-9-10-16-19-15/h1-10,17H. The van der Waals surface area contributed by atoms with Gasteiger partial charge >= 0.3 is 0 Å². The highest BCUT2D eigenvalue weighted by molar-refractivity contribution is 5.57. The molecule has 0 spiro atoms. The number of phenols is 1. The number of rotatable bonds is 3. The molecule has 0 radical (unpaired) electrons. The lowest BCUT2D eigenvalue weighted by molar-refractivity contribution is 0.432. The van der Waals surface area contributed by atoms with Crippen molar-refractivity contribution in [3.8, 4) is 28.6 Å². The summed E-state index contributed by atoms with van der Waals surface area (Å²) in [5.74, 6) is 2.32. The summed E-state index contributed by atoms with van der Waals surface area (Å²) in [6, 6.07) is 15.9. The van der Waals surface area contributed by atoms with Crippen molar-refractivity contribution in [1.82, 2.24) is 5.16 Å². The zero-order valence-corrected chi connectivity index (χ0v) is 9.98. The van der Waals surface area contributed by atoms with Gasteiger partial charge in [0.05, 0.1) is 6.20 Å². The van der Waals surface area contributed by atoms with Crippen LogP contribution in [0.5, 0.6) is 17.2 Å². The summed E-state index contributed by atoms with van der Waals surface area (Å²) in [6.07, 6.45) is 1.61. The van der Waals surface area contributed by atoms with E-state index in [4.69, 9.17) is 9.26 Å². The van der Waals surface area contributed by atoms with E-state index in [2.05, 4.69) is 5.16 Å². The minimum atomic E-state index is 0.216. The first-order chi connectivity index (χ1) is 9.31. The van der Waals surface area contributed by atoms with Crippen LogP contribution in [-0.2, 0) is 0 Å². The molecule has 0 bridgehead atoms. The molecule has 2 aromatic carbocycles. The predicted octanol–water partition coefficient (Wildman–Crippen LogP) is 3.84. The molecular weight excluding hydrogens is 242 g/mol. The van der Waals surface area contributed by atoms with Gasteiger partial charge in [-0.25, -0.2) is 0 Å². The topological polar surface area (TPSA) is 55.5 Å². The molecule has 1 N–H and O–H groups in total. The van der Waals surface area contributed by atoms with Crippen LogP contribution in [0.25, 0.3) is 11.3 Å². The van der Waals surface area contributed by atoms with Crippen molar-refractivity contribution in [1.29, 1.82) is 0 Å². The Morgan fingerprint density at radius 3 is 2.05 bits per heavy atom. The van der Waals surface area contributed by atoms with E-state index in [1.54, 1.807) is 36.5 Å². The molecule has 0 aliphatic carbocycles. The molecule has 0 amide bonds. The Balaban J connectivity index is 1.77. The molecule has 19 heavy (non-hydrogen) atoms. The van der Waals surface area contributed by atoms with Crippen LogP contribution in [0.15, 0.2) is 65.3 Å². The highest BCUT2D eigenvalue weighted by Crippen LogP contribution is 2.26. The normalized spacial score (nSPS) is 10.3. The largest absolute Gasteiger partial charge is 0.508 e. The number of benzene rings is 2. The van der Waals surface area contributed by atoms with E-state index in [0.29, 0.717) is 11.5 Å². The Morgan fingerprint density at radius 1 is 0.842 bits per heavy atom. The number of ether oxygens (including phenoxy) is 1. The van der Waals surface area contributed by atoms with E-state index in [1.165, 1.54) is 0 Å². The van der Waals surface area contributed by atoms with Crippen molar-refractivity contribution in [3.63, 3.8) is 0 Å². The molecule has 0 aliphatic rings. The number of aromatic nitrogens is 1. The molecule has 94 valence electrons. The fourth-order valence-corrected chi connectivity index (χ4v) is 1.70. The average molecular weight is 253 g/mol. The van der Waals surface area contributed by atoms with Crippen molar-refractivity contribution >= 4 is 0 Å². The molecule has 1 aromatic heterocycles. The van der Waals surface area contributed by atoms with Gasteiger partial charge in [-0.3, -0.25) is 0 Å². The second-order valence-electron chi connectivity index (χ2n) is 4.00. The lowest BCUT2D eigenvalue weighted by atomic mass is 10.2. The van der Waals surface area contributed by atoms with Gasteiger partial charge in [0.15, 0.2) is 5.76 Å². The number of phenolic OH excluding ortho intramolecular Hbond substituents is 1. The molecule has 0 unspecified atom stereocenters. The lowest BCUT2D eigenvalue weighted by Crippen LogP contribution is -1.83. The van der Waals surface area contributed by atoms with Gasteiger partial charge in [0.1, 0.15) is 17.2 Å². The third-order valence-corrected chi connectivity index (χ3v) is 2.65. The van der Waals surface area contributed by atoms with Crippen LogP contribution in [0, 0.1) is 0 Å². The van der Waals surface area contributed by atoms with Gasteiger partial charge in [-0.1, -0.05) is 5.16 Å². The number of hydrogen-bond donors (Lipinski definition) is 1. The number of aromatic hydroxyl groups is 1. The Hall–Kier alpha value is -2.75. The molecule has 0 aliphatic heterocycles. The van der Waals surface area contributed by atoms with Crippen LogP contribution < -0.4 is 4.74 Å². The van der Waals surface area contributed by atoms with Gasteiger partial charge in [-0.15, -0.1) is 0 Å².